The lowest BCUT2D eigenvalue weighted by atomic mass is 10.1. The summed E-state index contributed by atoms with van der Waals surface area (Å²) in [6.45, 7) is 4.65. The largest absolute Gasteiger partial charge is 0.466 e. The number of nitrogens with zero attached hydrogens (tertiary/aromatic N) is 1. The van der Waals surface area contributed by atoms with Crippen LogP contribution >= 0.6 is 11.3 Å². The van der Waals surface area contributed by atoms with Crippen LogP contribution in [-0.2, 0) is 10.0 Å². The minimum absolute atomic E-state index is 0.0519. The molecular formula is C16H20N2O4S2. The maximum Gasteiger partial charge on any atom is 0.257 e. The Morgan fingerprint density at radius 2 is 2.04 bits per heavy atom. The molecule has 3 heterocycles. The van der Waals surface area contributed by atoms with E-state index in [1.54, 1.807) is 35.4 Å². The molecule has 2 aromatic rings. The molecule has 130 valence electrons. The fourth-order valence-corrected chi connectivity index (χ4v) is 5.22. The topological polar surface area (TPSA) is 79.6 Å². The summed E-state index contributed by atoms with van der Waals surface area (Å²) in [6.07, 6.45) is 1.21. The van der Waals surface area contributed by atoms with E-state index in [9.17, 15) is 13.2 Å². The van der Waals surface area contributed by atoms with Gasteiger partial charge in [-0.05, 0) is 44.2 Å². The molecule has 0 radical (unpaired) electrons. The first-order valence-corrected chi connectivity index (χ1v) is 10.2. The van der Waals surface area contributed by atoms with E-state index >= 15 is 0 Å². The molecule has 0 bridgehead atoms. The lowest BCUT2D eigenvalue weighted by molar-refractivity contribution is 0.0709. The van der Waals surface area contributed by atoms with Crippen molar-refractivity contribution in [1.82, 2.24) is 9.62 Å². The van der Waals surface area contributed by atoms with Crippen LogP contribution in [0.1, 0.15) is 34.7 Å². The van der Waals surface area contributed by atoms with E-state index in [2.05, 4.69) is 4.72 Å². The second kappa shape index (κ2) is 6.70. The molecule has 6 nitrogen and oxygen atoms in total. The highest BCUT2D eigenvalue weighted by Gasteiger charge is 2.28. The molecule has 3 rings (SSSR count). The molecule has 1 aliphatic heterocycles. The number of thiophene rings is 1. The van der Waals surface area contributed by atoms with E-state index in [0.717, 1.165) is 5.76 Å². The minimum Gasteiger partial charge on any atom is -0.466 e. The van der Waals surface area contributed by atoms with Crippen molar-refractivity contribution in [2.24, 2.45) is 0 Å². The van der Waals surface area contributed by atoms with Crippen LogP contribution in [0.4, 0.5) is 0 Å². The molecule has 1 amide bonds. The Labute approximate surface area is 145 Å². The van der Waals surface area contributed by atoms with Gasteiger partial charge in [0.15, 0.2) is 0 Å². The van der Waals surface area contributed by atoms with Gasteiger partial charge < -0.3 is 9.32 Å². The number of likely N-dealkylation sites (tertiary alicyclic amines) is 1. The average Bonchev–Trinajstić information content (AvgIpc) is 3.17. The fraction of sp³-hybridized carbons (Fsp3) is 0.438. The second-order valence-corrected chi connectivity index (χ2v) is 8.84. The number of carbonyl (C=O) groups is 1. The van der Waals surface area contributed by atoms with Crippen LogP contribution in [0.5, 0.6) is 0 Å². The molecule has 1 aliphatic rings. The molecule has 1 saturated heterocycles. The second-order valence-electron chi connectivity index (χ2n) is 5.95. The molecule has 0 saturated carbocycles. The van der Waals surface area contributed by atoms with Gasteiger partial charge in [-0.25, -0.2) is 13.1 Å². The van der Waals surface area contributed by atoms with Crippen molar-refractivity contribution in [3.05, 3.63) is 40.7 Å². The molecule has 0 spiro atoms. The number of amides is 1. The van der Waals surface area contributed by atoms with Crippen LogP contribution in [0.15, 0.2) is 32.2 Å². The van der Waals surface area contributed by atoms with Crippen molar-refractivity contribution in [3.8, 4) is 0 Å². The van der Waals surface area contributed by atoms with Gasteiger partial charge in [-0.2, -0.15) is 0 Å². The van der Waals surface area contributed by atoms with Gasteiger partial charge in [-0.15, -0.1) is 11.3 Å². The molecule has 24 heavy (non-hydrogen) atoms. The molecule has 0 unspecified atom stereocenters. The third-order valence-corrected chi connectivity index (χ3v) is 7.05. The zero-order valence-corrected chi connectivity index (χ0v) is 15.2. The fourth-order valence-electron chi connectivity index (χ4n) is 2.91. The molecule has 0 aromatic carbocycles. The highest BCUT2D eigenvalue weighted by Crippen LogP contribution is 2.21. The predicted molar refractivity (Wildman–Crippen MR) is 91.7 cm³/mol. The molecule has 8 heteroatoms. The first kappa shape index (κ1) is 17.2. The lowest BCUT2D eigenvalue weighted by Crippen LogP contribution is -2.46. The summed E-state index contributed by atoms with van der Waals surface area (Å²) >= 11 is 1.20. The zero-order valence-electron chi connectivity index (χ0n) is 13.6. The molecule has 0 aliphatic carbocycles. The number of nitrogens with one attached hydrogen (secondary N) is 1. The van der Waals surface area contributed by atoms with E-state index < -0.39 is 10.0 Å². The number of hydrogen-bond acceptors (Lipinski definition) is 5. The highest BCUT2D eigenvalue weighted by molar-refractivity contribution is 7.91. The van der Waals surface area contributed by atoms with Gasteiger partial charge in [-0.1, -0.05) is 6.07 Å². The summed E-state index contributed by atoms with van der Waals surface area (Å²) < 4.78 is 33.0. The quantitative estimate of drug-likeness (QED) is 0.899. The number of sulfonamides is 1. The van der Waals surface area contributed by atoms with Gasteiger partial charge in [0.2, 0.25) is 10.0 Å². The molecule has 2 aromatic heterocycles. The first-order chi connectivity index (χ1) is 11.4. The van der Waals surface area contributed by atoms with E-state index in [4.69, 9.17) is 4.42 Å². The Morgan fingerprint density at radius 3 is 2.58 bits per heavy atom. The summed E-state index contributed by atoms with van der Waals surface area (Å²) in [5, 5.41) is 1.74. The molecule has 1 fully saturated rings. The summed E-state index contributed by atoms with van der Waals surface area (Å²) in [7, 11) is -3.46. The standard InChI is InChI=1S/C16H20N2O4S2/c1-11-10-14(12(2)22-11)16(19)18-7-5-13(6-8-18)17-24(20,21)15-4-3-9-23-15/h3-4,9-10,13,17H,5-8H2,1-2H3. The first-order valence-electron chi connectivity index (χ1n) is 7.79. The molecular weight excluding hydrogens is 348 g/mol. The van der Waals surface area contributed by atoms with Gasteiger partial charge in [0.05, 0.1) is 5.56 Å². The number of rotatable bonds is 4. The maximum absolute atomic E-state index is 12.5. The van der Waals surface area contributed by atoms with Crippen molar-refractivity contribution >= 4 is 27.3 Å². The van der Waals surface area contributed by atoms with Crippen molar-refractivity contribution in [2.45, 2.75) is 36.9 Å². The van der Waals surface area contributed by atoms with Crippen molar-refractivity contribution in [1.29, 1.82) is 0 Å². The van der Waals surface area contributed by atoms with Gasteiger partial charge in [0.1, 0.15) is 15.7 Å². The molecule has 1 N–H and O–H groups in total. The van der Waals surface area contributed by atoms with E-state index in [1.165, 1.54) is 11.3 Å². The molecule has 0 atom stereocenters. The van der Waals surface area contributed by atoms with Gasteiger partial charge >= 0.3 is 0 Å². The smallest absolute Gasteiger partial charge is 0.257 e. The normalized spacial score (nSPS) is 16.5. The number of piperidine rings is 1. The summed E-state index contributed by atoms with van der Waals surface area (Å²) in [4.78, 5) is 14.3. The number of carbonyl (C=O) groups excluding carboxylic acids is 1. The van der Waals surface area contributed by atoms with Crippen molar-refractivity contribution in [3.63, 3.8) is 0 Å². The zero-order chi connectivity index (χ0) is 17.3. The summed E-state index contributed by atoms with van der Waals surface area (Å²) in [6, 6.07) is 4.92. The SMILES string of the molecule is Cc1cc(C(=O)N2CCC(NS(=O)(=O)c3cccs3)CC2)c(C)o1. The highest BCUT2D eigenvalue weighted by atomic mass is 32.2. The van der Waals surface area contributed by atoms with Crippen LogP contribution in [0.3, 0.4) is 0 Å². The monoisotopic (exact) mass is 368 g/mol. The van der Waals surface area contributed by atoms with Crippen molar-refractivity contribution < 1.29 is 17.6 Å². The van der Waals surface area contributed by atoms with Gasteiger partial charge in [0, 0.05) is 19.1 Å². The number of aryl methyl sites for hydroxylation is 2. The maximum atomic E-state index is 12.5. The third-order valence-electron chi connectivity index (χ3n) is 4.14. The van der Waals surface area contributed by atoms with Gasteiger partial charge in [-0.3, -0.25) is 4.79 Å². The van der Waals surface area contributed by atoms with Crippen LogP contribution in [0, 0.1) is 13.8 Å². The van der Waals surface area contributed by atoms with Crippen LogP contribution in [-0.4, -0.2) is 38.4 Å². The Bertz CT molecular complexity index is 816. The Balaban J connectivity index is 1.60. The van der Waals surface area contributed by atoms with E-state index in [0.29, 0.717) is 41.5 Å². The Hall–Kier alpha value is -1.64. The van der Waals surface area contributed by atoms with Crippen LogP contribution in [0.25, 0.3) is 0 Å². The van der Waals surface area contributed by atoms with E-state index in [1.807, 2.05) is 6.92 Å². The predicted octanol–water partition coefficient (Wildman–Crippen LogP) is 2.54. The lowest BCUT2D eigenvalue weighted by Gasteiger charge is -2.32. The average molecular weight is 368 g/mol. The Kier molecular flexibility index (Phi) is 4.80. The third kappa shape index (κ3) is 3.55. The number of furan rings is 1. The van der Waals surface area contributed by atoms with Gasteiger partial charge in [0.25, 0.3) is 5.91 Å². The summed E-state index contributed by atoms with van der Waals surface area (Å²) in [5.41, 5.74) is 0.588. The number of hydrogen-bond donors (Lipinski definition) is 1. The van der Waals surface area contributed by atoms with Crippen molar-refractivity contribution in [2.75, 3.05) is 13.1 Å². The van der Waals surface area contributed by atoms with E-state index in [-0.39, 0.29) is 11.9 Å². The summed E-state index contributed by atoms with van der Waals surface area (Å²) in [5.74, 6) is 1.29. The van der Waals surface area contributed by atoms with Crippen LogP contribution < -0.4 is 4.72 Å². The Morgan fingerprint density at radius 1 is 1.33 bits per heavy atom. The van der Waals surface area contributed by atoms with Crippen LogP contribution in [0.2, 0.25) is 0 Å². The minimum atomic E-state index is -3.46.